The summed E-state index contributed by atoms with van der Waals surface area (Å²) in [5.41, 5.74) is -0.541. The van der Waals surface area contributed by atoms with Gasteiger partial charge in [0.1, 0.15) is 0 Å². The second-order valence-electron chi connectivity index (χ2n) is 5.04. The minimum absolute atomic E-state index is 0.00431. The molecule has 0 spiro atoms. The molecule has 7 heteroatoms. The summed E-state index contributed by atoms with van der Waals surface area (Å²) in [6.45, 7) is 1.82. The fourth-order valence-corrected chi connectivity index (χ4v) is 2.80. The molecule has 1 saturated heterocycles. The lowest BCUT2D eigenvalue weighted by atomic mass is 10.0. The van der Waals surface area contributed by atoms with Crippen LogP contribution in [0.4, 0.5) is 18.9 Å². The van der Waals surface area contributed by atoms with Crippen LogP contribution in [0.3, 0.4) is 0 Å². The molecule has 0 aliphatic carbocycles. The van der Waals surface area contributed by atoms with Gasteiger partial charge in [0.15, 0.2) is 0 Å². The van der Waals surface area contributed by atoms with Gasteiger partial charge in [-0.3, -0.25) is 4.90 Å². The number of nitriles is 1. The summed E-state index contributed by atoms with van der Waals surface area (Å²) in [6.07, 6.45) is -2.92. The maximum atomic E-state index is 13.0. The molecule has 1 aliphatic heterocycles. The molecule has 0 saturated carbocycles. The van der Waals surface area contributed by atoms with Crippen molar-refractivity contribution in [2.24, 2.45) is 0 Å². The van der Waals surface area contributed by atoms with Gasteiger partial charge in [0.2, 0.25) is 0 Å². The molecule has 1 aromatic rings. The third-order valence-corrected chi connectivity index (χ3v) is 4.02. The van der Waals surface area contributed by atoms with Gasteiger partial charge in [-0.1, -0.05) is 15.9 Å². The predicted octanol–water partition coefficient (Wildman–Crippen LogP) is 3.87. The zero-order valence-corrected chi connectivity index (χ0v) is 12.8. The van der Waals surface area contributed by atoms with Crippen molar-refractivity contribution in [3.8, 4) is 6.07 Å². The van der Waals surface area contributed by atoms with Gasteiger partial charge in [0.25, 0.3) is 0 Å². The van der Waals surface area contributed by atoms with Gasteiger partial charge in [-0.15, -0.1) is 0 Å². The molecule has 0 radical (unpaired) electrons. The van der Waals surface area contributed by atoms with Crippen LogP contribution in [0.2, 0.25) is 0 Å². The van der Waals surface area contributed by atoms with Crippen molar-refractivity contribution in [2.75, 3.05) is 25.0 Å². The molecule has 1 heterocycles. The molecule has 1 N–H and O–H groups in total. The molecule has 0 atom stereocenters. The first-order valence-electron chi connectivity index (χ1n) is 6.62. The number of anilines is 1. The van der Waals surface area contributed by atoms with Crippen molar-refractivity contribution in [3.05, 3.63) is 28.2 Å². The van der Waals surface area contributed by atoms with Crippen molar-refractivity contribution in [1.29, 1.82) is 5.26 Å². The number of piperidine rings is 1. The molecule has 3 nitrogen and oxygen atoms in total. The SMILES string of the molecule is N#CCN1CCC(Nc2cc(Br)ccc2C(F)(F)F)CC1. The van der Waals surface area contributed by atoms with Crippen LogP contribution in [-0.4, -0.2) is 30.6 Å². The largest absolute Gasteiger partial charge is 0.418 e. The van der Waals surface area contributed by atoms with Crippen molar-refractivity contribution >= 4 is 21.6 Å². The highest BCUT2D eigenvalue weighted by Crippen LogP contribution is 2.37. The normalized spacial score (nSPS) is 17.5. The molecule has 0 amide bonds. The first-order chi connectivity index (χ1) is 9.90. The lowest BCUT2D eigenvalue weighted by Crippen LogP contribution is -2.39. The number of nitrogens with zero attached hydrogens (tertiary/aromatic N) is 2. The second-order valence-corrected chi connectivity index (χ2v) is 5.96. The summed E-state index contributed by atoms with van der Waals surface area (Å²) in [7, 11) is 0. The van der Waals surface area contributed by atoms with Crippen LogP contribution in [0, 0.1) is 11.3 Å². The molecule has 114 valence electrons. The van der Waals surface area contributed by atoms with Crippen molar-refractivity contribution in [1.82, 2.24) is 4.90 Å². The molecule has 1 aliphatic rings. The van der Waals surface area contributed by atoms with Crippen LogP contribution in [-0.2, 0) is 6.18 Å². The van der Waals surface area contributed by atoms with Gasteiger partial charge in [0.05, 0.1) is 18.2 Å². The number of likely N-dealkylation sites (tertiary alicyclic amines) is 1. The zero-order valence-electron chi connectivity index (χ0n) is 11.3. The summed E-state index contributed by atoms with van der Waals surface area (Å²) < 4.78 is 39.6. The summed E-state index contributed by atoms with van der Waals surface area (Å²) in [5, 5.41) is 11.6. The molecule has 0 bridgehead atoms. The molecule has 21 heavy (non-hydrogen) atoms. The van der Waals surface area contributed by atoms with E-state index >= 15 is 0 Å². The maximum absolute atomic E-state index is 13.0. The van der Waals surface area contributed by atoms with Crippen molar-refractivity contribution < 1.29 is 13.2 Å². The summed E-state index contributed by atoms with van der Waals surface area (Å²) in [6, 6.07) is 6.02. The third-order valence-electron chi connectivity index (χ3n) is 3.53. The first-order valence-corrected chi connectivity index (χ1v) is 7.42. The summed E-state index contributed by atoms with van der Waals surface area (Å²) >= 11 is 3.21. The zero-order chi connectivity index (χ0) is 15.5. The average Bonchev–Trinajstić information content (AvgIpc) is 2.40. The minimum Gasteiger partial charge on any atom is -0.382 e. The molecular formula is C14H15BrF3N3. The van der Waals surface area contributed by atoms with Gasteiger partial charge in [-0.05, 0) is 31.0 Å². The van der Waals surface area contributed by atoms with Gasteiger partial charge >= 0.3 is 6.18 Å². The minimum atomic E-state index is -4.37. The van der Waals surface area contributed by atoms with E-state index in [1.165, 1.54) is 12.1 Å². The van der Waals surface area contributed by atoms with E-state index in [0.717, 1.165) is 32.0 Å². The molecule has 1 aromatic carbocycles. The quantitative estimate of drug-likeness (QED) is 0.830. The van der Waals surface area contributed by atoms with Crippen LogP contribution >= 0.6 is 15.9 Å². The van der Waals surface area contributed by atoms with E-state index in [4.69, 9.17) is 5.26 Å². The van der Waals surface area contributed by atoms with Crippen molar-refractivity contribution in [3.63, 3.8) is 0 Å². The predicted molar refractivity (Wildman–Crippen MR) is 77.8 cm³/mol. The Kier molecular flexibility index (Phi) is 5.12. The topological polar surface area (TPSA) is 39.1 Å². The van der Waals surface area contributed by atoms with E-state index in [-0.39, 0.29) is 11.7 Å². The number of rotatable bonds is 3. The van der Waals surface area contributed by atoms with Gasteiger partial charge in [-0.2, -0.15) is 18.4 Å². The lowest BCUT2D eigenvalue weighted by molar-refractivity contribution is -0.137. The van der Waals surface area contributed by atoms with E-state index < -0.39 is 11.7 Å². The smallest absolute Gasteiger partial charge is 0.382 e. The molecule has 0 unspecified atom stereocenters. The molecule has 1 fully saturated rings. The maximum Gasteiger partial charge on any atom is 0.418 e. The van der Waals surface area contributed by atoms with Crippen LogP contribution in [0.25, 0.3) is 0 Å². The number of hydrogen-bond donors (Lipinski definition) is 1. The fraction of sp³-hybridized carbons (Fsp3) is 0.500. The third kappa shape index (κ3) is 4.35. The number of nitrogens with one attached hydrogen (secondary N) is 1. The fourth-order valence-electron chi connectivity index (χ4n) is 2.44. The highest BCUT2D eigenvalue weighted by atomic mass is 79.9. The highest BCUT2D eigenvalue weighted by Gasteiger charge is 2.34. The Morgan fingerprint density at radius 3 is 2.57 bits per heavy atom. The first kappa shape index (κ1) is 16.1. The standard InChI is InChI=1S/C14H15BrF3N3/c15-10-1-2-12(14(16,17)18)13(9-10)20-11-3-6-21(7-4-11)8-5-19/h1-2,9,11,20H,3-4,6-8H2. The Morgan fingerprint density at radius 1 is 1.33 bits per heavy atom. The van der Waals surface area contributed by atoms with E-state index in [1.807, 2.05) is 4.90 Å². The van der Waals surface area contributed by atoms with E-state index in [9.17, 15) is 13.2 Å². The van der Waals surface area contributed by atoms with Crippen LogP contribution in [0.5, 0.6) is 0 Å². The van der Waals surface area contributed by atoms with Gasteiger partial charge in [0, 0.05) is 29.3 Å². The molecular weight excluding hydrogens is 347 g/mol. The van der Waals surface area contributed by atoms with E-state index in [0.29, 0.717) is 11.0 Å². The molecule has 0 aromatic heterocycles. The van der Waals surface area contributed by atoms with Crippen LogP contribution < -0.4 is 5.32 Å². The summed E-state index contributed by atoms with van der Waals surface area (Å²) in [4.78, 5) is 2.00. The Balaban J connectivity index is 2.07. The number of benzene rings is 1. The number of hydrogen-bond acceptors (Lipinski definition) is 3. The Bertz CT molecular complexity index is 531. The van der Waals surface area contributed by atoms with E-state index in [2.05, 4.69) is 27.3 Å². The second kappa shape index (κ2) is 6.67. The lowest BCUT2D eigenvalue weighted by Gasteiger charge is -2.32. The Labute approximate surface area is 129 Å². The van der Waals surface area contributed by atoms with Gasteiger partial charge in [-0.25, -0.2) is 0 Å². The van der Waals surface area contributed by atoms with E-state index in [1.54, 1.807) is 0 Å². The highest BCUT2D eigenvalue weighted by molar-refractivity contribution is 9.10. The number of halogens is 4. The Hall–Kier alpha value is -1.26. The monoisotopic (exact) mass is 361 g/mol. The van der Waals surface area contributed by atoms with Gasteiger partial charge < -0.3 is 5.32 Å². The average molecular weight is 362 g/mol. The van der Waals surface area contributed by atoms with Crippen molar-refractivity contribution in [2.45, 2.75) is 25.1 Å². The van der Waals surface area contributed by atoms with Crippen LogP contribution in [0.15, 0.2) is 22.7 Å². The van der Waals surface area contributed by atoms with Crippen LogP contribution in [0.1, 0.15) is 18.4 Å². The number of alkyl halides is 3. The summed E-state index contributed by atoms with van der Waals surface area (Å²) in [5.74, 6) is 0. The molecule has 2 rings (SSSR count). The Morgan fingerprint density at radius 2 is 2.00 bits per heavy atom.